The largest absolute Gasteiger partial charge is 0.393 e. The Hall–Kier alpha value is -1.42. The Bertz CT molecular complexity index is 436. The third kappa shape index (κ3) is 2.33. The Morgan fingerprint density at radius 2 is 2.20 bits per heavy atom. The van der Waals surface area contributed by atoms with Gasteiger partial charge in [0.1, 0.15) is 5.52 Å². The zero-order valence-corrected chi connectivity index (χ0v) is 8.80. The van der Waals surface area contributed by atoms with Gasteiger partial charge in [0.05, 0.1) is 11.6 Å². The number of nitrogens with zero attached hydrogens (tertiary/aromatic N) is 3. The van der Waals surface area contributed by atoms with E-state index in [4.69, 9.17) is 5.11 Å². The molecule has 0 fully saturated rings. The van der Waals surface area contributed by atoms with Crippen LogP contribution >= 0.6 is 0 Å². The minimum Gasteiger partial charge on any atom is -0.393 e. The van der Waals surface area contributed by atoms with Gasteiger partial charge in [-0.15, -0.1) is 5.10 Å². The first-order valence-corrected chi connectivity index (χ1v) is 5.23. The lowest BCUT2D eigenvalue weighted by atomic mass is 10.2. The third-order valence-corrected chi connectivity index (χ3v) is 2.41. The number of aliphatic hydroxyl groups excluding tert-OH is 1. The van der Waals surface area contributed by atoms with Crippen molar-refractivity contribution in [3.8, 4) is 0 Å². The third-order valence-electron chi connectivity index (χ3n) is 2.41. The van der Waals surface area contributed by atoms with Crippen LogP contribution in [0.4, 0.5) is 0 Å². The minimum absolute atomic E-state index is 0.236. The predicted molar refractivity (Wildman–Crippen MR) is 58.4 cm³/mol. The van der Waals surface area contributed by atoms with Crippen LogP contribution in [0.1, 0.15) is 19.8 Å². The van der Waals surface area contributed by atoms with Crippen molar-refractivity contribution >= 4 is 11.0 Å². The molecular formula is C11H15N3O. The molecule has 4 heteroatoms. The topological polar surface area (TPSA) is 50.9 Å². The van der Waals surface area contributed by atoms with Gasteiger partial charge in [0.15, 0.2) is 0 Å². The summed E-state index contributed by atoms with van der Waals surface area (Å²) < 4.78 is 1.89. The monoisotopic (exact) mass is 205 g/mol. The molecule has 15 heavy (non-hydrogen) atoms. The zero-order valence-electron chi connectivity index (χ0n) is 8.80. The molecule has 0 saturated heterocycles. The van der Waals surface area contributed by atoms with Crippen molar-refractivity contribution in [3.63, 3.8) is 0 Å². The molecule has 4 nitrogen and oxygen atoms in total. The van der Waals surface area contributed by atoms with Gasteiger partial charge >= 0.3 is 0 Å². The summed E-state index contributed by atoms with van der Waals surface area (Å²) in [6.45, 7) is 2.62. The van der Waals surface area contributed by atoms with Crippen LogP contribution in [-0.4, -0.2) is 26.2 Å². The van der Waals surface area contributed by atoms with Crippen molar-refractivity contribution in [1.29, 1.82) is 0 Å². The first-order valence-electron chi connectivity index (χ1n) is 5.23. The summed E-state index contributed by atoms with van der Waals surface area (Å²) in [5.41, 5.74) is 1.98. The summed E-state index contributed by atoms with van der Waals surface area (Å²) >= 11 is 0. The molecule has 0 bridgehead atoms. The maximum absolute atomic E-state index is 9.15. The molecular weight excluding hydrogens is 190 g/mol. The van der Waals surface area contributed by atoms with E-state index in [2.05, 4.69) is 10.3 Å². The number of hydrogen-bond acceptors (Lipinski definition) is 3. The quantitative estimate of drug-likeness (QED) is 0.824. The van der Waals surface area contributed by atoms with Crippen LogP contribution in [0.2, 0.25) is 0 Å². The number of aliphatic hydroxyl groups is 1. The van der Waals surface area contributed by atoms with Crippen molar-refractivity contribution in [2.24, 2.45) is 0 Å². The second-order valence-corrected chi connectivity index (χ2v) is 3.79. The zero-order chi connectivity index (χ0) is 10.7. The van der Waals surface area contributed by atoms with Gasteiger partial charge in [0.2, 0.25) is 0 Å². The predicted octanol–water partition coefficient (Wildman–Crippen LogP) is 1.59. The molecule has 1 atom stereocenters. The molecule has 1 N–H and O–H groups in total. The summed E-state index contributed by atoms with van der Waals surface area (Å²) in [4.78, 5) is 0. The second-order valence-electron chi connectivity index (χ2n) is 3.79. The van der Waals surface area contributed by atoms with Gasteiger partial charge in [0, 0.05) is 6.54 Å². The Balaban J connectivity index is 2.08. The summed E-state index contributed by atoms with van der Waals surface area (Å²) in [7, 11) is 0. The fourth-order valence-electron chi connectivity index (χ4n) is 1.62. The van der Waals surface area contributed by atoms with Gasteiger partial charge in [-0.25, -0.2) is 4.68 Å². The maximum atomic E-state index is 9.15. The van der Waals surface area contributed by atoms with Crippen molar-refractivity contribution in [2.45, 2.75) is 32.4 Å². The van der Waals surface area contributed by atoms with Crippen LogP contribution < -0.4 is 0 Å². The molecule has 1 aromatic heterocycles. The van der Waals surface area contributed by atoms with Crippen molar-refractivity contribution in [1.82, 2.24) is 15.0 Å². The van der Waals surface area contributed by atoms with Crippen LogP contribution in [0.3, 0.4) is 0 Å². The normalized spacial score (nSPS) is 13.2. The smallest absolute Gasteiger partial charge is 0.113 e. The number of benzene rings is 1. The number of rotatable bonds is 4. The highest BCUT2D eigenvalue weighted by molar-refractivity contribution is 5.73. The summed E-state index contributed by atoms with van der Waals surface area (Å²) in [6, 6.07) is 7.90. The SMILES string of the molecule is C[C@H](O)CCCn1nnc2ccccc21. The average molecular weight is 205 g/mol. The number of aryl methyl sites for hydroxylation is 1. The van der Waals surface area contributed by atoms with Gasteiger partial charge in [-0.3, -0.25) is 0 Å². The first kappa shape index (κ1) is 10.1. The molecule has 0 saturated carbocycles. The van der Waals surface area contributed by atoms with E-state index in [9.17, 15) is 0 Å². The van der Waals surface area contributed by atoms with Crippen LogP contribution in [-0.2, 0) is 6.54 Å². The molecule has 0 aliphatic heterocycles. The molecule has 0 spiro atoms. The highest BCUT2D eigenvalue weighted by Crippen LogP contribution is 2.10. The van der Waals surface area contributed by atoms with Crippen molar-refractivity contribution < 1.29 is 5.11 Å². The molecule has 0 aliphatic carbocycles. The second kappa shape index (κ2) is 4.40. The van der Waals surface area contributed by atoms with Gasteiger partial charge in [-0.2, -0.15) is 0 Å². The summed E-state index contributed by atoms with van der Waals surface area (Å²) in [6.07, 6.45) is 1.49. The van der Waals surface area contributed by atoms with Gasteiger partial charge < -0.3 is 5.11 Å². The van der Waals surface area contributed by atoms with E-state index in [-0.39, 0.29) is 6.10 Å². The fraction of sp³-hybridized carbons (Fsp3) is 0.455. The van der Waals surface area contributed by atoms with E-state index in [1.165, 1.54) is 0 Å². The van der Waals surface area contributed by atoms with Crippen LogP contribution in [0, 0.1) is 0 Å². The van der Waals surface area contributed by atoms with E-state index in [1.54, 1.807) is 6.92 Å². The number of fused-ring (bicyclic) bond motifs is 1. The molecule has 1 heterocycles. The summed E-state index contributed by atoms with van der Waals surface area (Å²) in [5, 5.41) is 17.3. The van der Waals surface area contributed by atoms with E-state index < -0.39 is 0 Å². The standard InChI is InChI=1S/C11H15N3O/c1-9(15)5-4-8-14-11-7-3-2-6-10(11)12-13-14/h2-3,6-7,9,15H,4-5,8H2,1H3/t9-/m0/s1. The molecule has 1 aromatic carbocycles. The molecule has 0 unspecified atom stereocenters. The highest BCUT2D eigenvalue weighted by atomic mass is 16.3. The molecule has 2 rings (SSSR count). The lowest BCUT2D eigenvalue weighted by Crippen LogP contribution is -2.05. The molecule has 0 amide bonds. The Morgan fingerprint density at radius 1 is 1.40 bits per heavy atom. The fourth-order valence-corrected chi connectivity index (χ4v) is 1.62. The van der Waals surface area contributed by atoms with Crippen LogP contribution in [0.25, 0.3) is 11.0 Å². The summed E-state index contributed by atoms with van der Waals surface area (Å²) in [5.74, 6) is 0. The Morgan fingerprint density at radius 3 is 3.00 bits per heavy atom. The number of hydrogen-bond donors (Lipinski definition) is 1. The molecule has 80 valence electrons. The number of para-hydroxylation sites is 1. The lowest BCUT2D eigenvalue weighted by molar-refractivity contribution is 0.179. The molecule has 2 aromatic rings. The Labute approximate surface area is 88.5 Å². The first-order chi connectivity index (χ1) is 7.27. The molecule has 0 radical (unpaired) electrons. The van der Waals surface area contributed by atoms with E-state index in [0.717, 1.165) is 30.4 Å². The van der Waals surface area contributed by atoms with Crippen molar-refractivity contribution in [3.05, 3.63) is 24.3 Å². The van der Waals surface area contributed by atoms with Crippen LogP contribution in [0.5, 0.6) is 0 Å². The van der Waals surface area contributed by atoms with Crippen molar-refractivity contribution in [2.75, 3.05) is 0 Å². The van der Waals surface area contributed by atoms with E-state index in [1.807, 2.05) is 28.9 Å². The van der Waals surface area contributed by atoms with Gasteiger partial charge in [-0.1, -0.05) is 17.3 Å². The van der Waals surface area contributed by atoms with E-state index >= 15 is 0 Å². The van der Waals surface area contributed by atoms with Gasteiger partial charge in [0.25, 0.3) is 0 Å². The highest BCUT2D eigenvalue weighted by Gasteiger charge is 2.03. The average Bonchev–Trinajstić information content (AvgIpc) is 2.62. The number of aromatic nitrogens is 3. The maximum Gasteiger partial charge on any atom is 0.113 e. The lowest BCUT2D eigenvalue weighted by Gasteiger charge is -2.04. The molecule has 0 aliphatic rings. The minimum atomic E-state index is -0.236. The Kier molecular flexibility index (Phi) is 2.97. The van der Waals surface area contributed by atoms with E-state index in [0.29, 0.717) is 0 Å². The van der Waals surface area contributed by atoms with Gasteiger partial charge in [-0.05, 0) is 31.9 Å². The van der Waals surface area contributed by atoms with Crippen LogP contribution in [0.15, 0.2) is 24.3 Å².